The number of anilines is 1. The van der Waals surface area contributed by atoms with Crippen LogP contribution in [0.1, 0.15) is 0 Å². The Balaban J connectivity index is 1.92. The van der Waals surface area contributed by atoms with E-state index < -0.39 is 11.6 Å². The highest BCUT2D eigenvalue weighted by Crippen LogP contribution is 2.17. The third-order valence-corrected chi connectivity index (χ3v) is 2.99. The van der Waals surface area contributed by atoms with Gasteiger partial charge in [-0.05, 0) is 26.2 Å². The molecule has 0 saturated carbocycles. The summed E-state index contributed by atoms with van der Waals surface area (Å²) in [5.41, 5.74) is 0.130. The lowest BCUT2D eigenvalue weighted by atomic mass is 10.1. The van der Waals surface area contributed by atoms with Crippen LogP contribution in [0, 0.1) is 11.6 Å². The van der Waals surface area contributed by atoms with Gasteiger partial charge in [0.05, 0.1) is 0 Å². The molecule has 0 aliphatic carbocycles. The van der Waals surface area contributed by atoms with Crippen LogP contribution in [0.2, 0.25) is 0 Å². The minimum atomic E-state index is -0.708. The molecule has 4 nitrogen and oxygen atoms in total. The van der Waals surface area contributed by atoms with Crippen LogP contribution in [0.3, 0.4) is 0 Å². The van der Waals surface area contributed by atoms with Crippen LogP contribution < -0.4 is 5.32 Å². The second kappa shape index (κ2) is 4.89. The van der Waals surface area contributed by atoms with E-state index in [0.29, 0.717) is 19.1 Å². The van der Waals surface area contributed by atoms with E-state index in [1.807, 2.05) is 19.0 Å². The van der Waals surface area contributed by atoms with Crippen molar-refractivity contribution in [1.29, 1.82) is 0 Å². The third kappa shape index (κ3) is 2.76. The number of carbonyl (C=O) groups excluding carboxylic acids is 1. The van der Waals surface area contributed by atoms with E-state index >= 15 is 0 Å². The van der Waals surface area contributed by atoms with Crippen molar-refractivity contribution in [1.82, 2.24) is 9.80 Å². The summed E-state index contributed by atoms with van der Waals surface area (Å²) in [6.07, 6.45) is 0. The van der Waals surface area contributed by atoms with Gasteiger partial charge in [-0.15, -0.1) is 0 Å². The molecule has 98 valence electrons. The summed E-state index contributed by atoms with van der Waals surface area (Å²) in [5.74, 6) is -1.42. The van der Waals surface area contributed by atoms with Crippen molar-refractivity contribution < 1.29 is 13.6 Å². The molecule has 1 aromatic carbocycles. The lowest BCUT2D eigenvalue weighted by Gasteiger charge is -2.42. The number of hydrogen-bond acceptors (Lipinski definition) is 2. The zero-order valence-corrected chi connectivity index (χ0v) is 10.3. The number of nitrogens with one attached hydrogen (secondary N) is 1. The first-order valence-electron chi connectivity index (χ1n) is 5.64. The largest absolute Gasteiger partial charge is 0.321 e. The quantitative estimate of drug-likeness (QED) is 0.873. The third-order valence-electron chi connectivity index (χ3n) is 2.99. The van der Waals surface area contributed by atoms with Crippen molar-refractivity contribution in [3.63, 3.8) is 0 Å². The van der Waals surface area contributed by atoms with E-state index in [1.165, 1.54) is 0 Å². The van der Waals surface area contributed by atoms with Crippen molar-refractivity contribution in [3.8, 4) is 0 Å². The maximum Gasteiger partial charge on any atom is 0.321 e. The van der Waals surface area contributed by atoms with Crippen LogP contribution in [0.5, 0.6) is 0 Å². The Hall–Kier alpha value is -1.69. The highest BCUT2D eigenvalue weighted by molar-refractivity contribution is 5.89. The van der Waals surface area contributed by atoms with Crippen molar-refractivity contribution in [2.24, 2.45) is 0 Å². The number of carbonyl (C=O) groups is 1. The molecule has 2 amide bonds. The second-order valence-electron chi connectivity index (χ2n) is 4.61. The molecule has 6 heteroatoms. The number of benzene rings is 1. The molecule has 18 heavy (non-hydrogen) atoms. The predicted molar refractivity (Wildman–Crippen MR) is 64.4 cm³/mol. The van der Waals surface area contributed by atoms with E-state index in [2.05, 4.69) is 5.32 Å². The van der Waals surface area contributed by atoms with Crippen molar-refractivity contribution in [2.75, 3.05) is 32.5 Å². The van der Waals surface area contributed by atoms with Gasteiger partial charge >= 0.3 is 6.03 Å². The van der Waals surface area contributed by atoms with Crippen LogP contribution in [0.4, 0.5) is 19.3 Å². The molecule has 1 saturated heterocycles. The highest BCUT2D eigenvalue weighted by atomic mass is 19.1. The van der Waals surface area contributed by atoms with Gasteiger partial charge in [0.15, 0.2) is 0 Å². The zero-order valence-electron chi connectivity index (χ0n) is 10.3. The van der Waals surface area contributed by atoms with Gasteiger partial charge in [0, 0.05) is 30.9 Å². The number of amides is 2. The molecule has 1 heterocycles. The van der Waals surface area contributed by atoms with Crippen molar-refractivity contribution in [2.45, 2.75) is 6.04 Å². The number of rotatable bonds is 2. The number of nitrogens with zero attached hydrogens (tertiary/aromatic N) is 2. The molecule has 0 unspecified atom stereocenters. The molecule has 1 aliphatic rings. The van der Waals surface area contributed by atoms with Crippen LogP contribution >= 0.6 is 0 Å². The standard InChI is InChI=1S/C12H15F2N3O/c1-16(2)11-6-17(7-11)12(18)15-10-4-8(13)3-9(14)5-10/h3-5,11H,6-7H2,1-2H3,(H,15,18). The van der Waals surface area contributed by atoms with E-state index in [4.69, 9.17) is 0 Å². The van der Waals surface area contributed by atoms with Crippen LogP contribution in [0.25, 0.3) is 0 Å². The Morgan fingerprint density at radius 2 is 1.83 bits per heavy atom. The Kier molecular flexibility index (Phi) is 3.47. The molecule has 1 aromatic rings. The van der Waals surface area contributed by atoms with Gasteiger partial charge in [-0.2, -0.15) is 0 Å². The molecule has 0 radical (unpaired) electrons. The Bertz CT molecular complexity index is 438. The lowest BCUT2D eigenvalue weighted by molar-refractivity contribution is 0.0942. The fraction of sp³-hybridized carbons (Fsp3) is 0.417. The Labute approximate surface area is 104 Å². The van der Waals surface area contributed by atoms with Crippen molar-refractivity contribution in [3.05, 3.63) is 29.8 Å². The van der Waals surface area contributed by atoms with Crippen molar-refractivity contribution >= 4 is 11.7 Å². The van der Waals surface area contributed by atoms with E-state index in [9.17, 15) is 13.6 Å². The average molecular weight is 255 g/mol. The summed E-state index contributed by atoms with van der Waals surface area (Å²) in [7, 11) is 3.89. The minimum Gasteiger partial charge on any atom is -0.321 e. The van der Waals surface area contributed by atoms with Gasteiger partial charge in [0.1, 0.15) is 11.6 Å². The normalized spacial score (nSPS) is 15.7. The van der Waals surface area contributed by atoms with E-state index in [0.717, 1.165) is 18.2 Å². The fourth-order valence-corrected chi connectivity index (χ4v) is 1.78. The summed E-state index contributed by atoms with van der Waals surface area (Å²) >= 11 is 0. The topological polar surface area (TPSA) is 35.6 Å². The molecule has 1 fully saturated rings. The highest BCUT2D eigenvalue weighted by Gasteiger charge is 2.31. The van der Waals surface area contributed by atoms with Crippen LogP contribution in [0.15, 0.2) is 18.2 Å². The second-order valence-corrected chi connectivity index (χ2v) is 4.61. The first-order chi connectivity index (χ1) is 8.45. The molecule has 2 rings (SSSR count). The van der Waals surface area contributed by atoms with Gasteiger partial charge in [0.2, 0.25) is 0 Å². The number of urea groups is 1. The average Bonchev–Trinajstić information content (AvgIpc) is 2.11. The maximum absolute atomic E-state index is 12.9. The summed E-state index contributed by atoms with van der Waals surface area (Å²) in [4.78, 5) is 15.4. The first-order valence-corrected chi connectivity index (χ1v) is 5.64. The molecular weight excluding hydrogens is 240 g/mol. The van der Waals surface area contributed by atoms with Gasteiger partial charge < -0.3 is 15.1 Å². The number of likely N-dealkylation sites (tertiary alicyclic amines) is 1. The number of halogens is 2. The van der Waals surface area contributed by atoms with Crippen LogP contribution in [-0.4, -0.2) is 49.1 Å². The zero-order chi connectivity index (χ0) is 13.3. The van der Waals surface area contributed by atoms with Gasteiger partial charge in [-0.3, -0.25) is 0 Å². The molecule has 0 bridgehead atoms. The minimum absolute atomic E-state index is 0.130. The summed E-state index contributed by atoms with van der Waals surface area (Å²) in [6, 6.07) is 2.95. The maximum atomic E-state index is 12.9. The number of hydrogen-bond donors (Lipinski definition) is 1. The fourth-order valence-electron chi connectivity index (χ4n) is 1.78. The predicted octanol–water partition coefficient (Wildman–Crippen LogP) is 1.74. The Morgan fingerprint density at radius 1 is 1.28 bits per heavy atom. The molecular formula is C12H15F2N3O. The summed E-state index contributed by atoms with van der Waals surface area (Å²) in [6.45, 7) is 1.24. The van der Waals surface area contributed by atoms with Crippen LogP contribution in [-0.2, 0) is 0 Å². The van der Waals surface area contributed by atoms with Gasteiger partial charge in [-0.1, -0.05) is 0 Å². The number of likely N-dealkylation sites (N-methyl/N-ethyl adjacent to an activating group) is 1. The molecule has 1 N–H and O–H groups in total. The summed E-state index contributed by atoms with van der Waals surface area (Å²) in [5, 5.41) is 2.47. The SMILES string of the molecule is CN(C)C1CN(C(=O)Nc2cc(F)cc(F)c2)C1. The molecule has 0 atom stereocenters. The summed E-state index contributed by atoms with van der Waals surface area (Å²) < 4.78 is 25.9. The Morgan fingerprint density at radius 3 is 2.33 bits per heavy atom. The lowest BCUT2D eigenvalue weighted by Crippen LogP contribution is -2.60. The first kappa shape index (κ1) is 12.8. The van der Waals surface area contributed by atoms with E-state index in [-0.39, 0.29) is 11.7 Å². The molecule has 0 spiro atoms. The van der Waals surface area contributed by atoms with Gasteiger partial charge in [0.25, 0.3) is 0 Å². The molecule has 0 aromatic heterocycles. The van der Waals surface area contributed by atoms with E-state index in [1.54, 1.807) is 4.90 Å². The van der Waals surface area contributed by atoms with Gasteiger partial charge in [-0.25, -0.2) is 13.6 Å². The molecule has 1 aliphatic heterocycles. The smallest absolute Gasteiger partial charge is 0.321 e. The monoisotopic (exact) mass is 255 g/mol.